The predicted octanol–water partition coefficient (Wildman–Crippen LogP) is 3.10. The van der Waals surface area contributed by atoms with Crippen molar-refractivity contribution in [2.75, 3.05) is 6.61 Å². The third-order valence-electron chi connectivity index (χ3n) is 5.27. The summed E-state index contributed by atoms with van der Waals surface area (Å²) in [4.78, 5) is 40.7. The van der Waals surface area contributed by atoms with Crippen LogP contribution in [0.5, 0.6) is 0 Å². The Labute approximate surface area is 185 Å². The second-order valence-corrected chi connectivity index (χ2v) is 8.21. The molecule has 0 aliphatic heterocycles. The summed E-state index contributed by atoms with van der Waals surface area (Å²) in [6.45, 7) is 5.15. The van der Waals surface area contributed by atoms with Gasteiger partial charge in [-0.15, -0.1) is 0 Å². The highest BCUT2D eigenvalue weighted by atomic mass is 35.5. The minimum atomic E-state index is -0.871. The van der Waals surface area contributed by atoms with Crippen LogP contribution in [0.3, 0.4) is 0 Å². The van der Waals surface area contributed by atoms with Crippen molar-refractivity contribution < 1.29 is 19.1 Å². The number of rotatable bonds is 5. The molecule has 2 heterocycles. The number of amides is 3. The highest BCUT2D eigenvalue weighted by molar-refractivity contribution is 6.33. The Bertz CT molecular complexity index is 990. The lowest BCUT2D eigenvalue weighted by atomic mass is 9.86. The fraction of sp³-hybridized carbons (Fsp3) is 0.476. The van der Waals surface area contributed by atoms with Crippen LogP contribution in [0.1, 0.15) is 54.5 Å². The number of carbonyl (C=O) groups is 3. The van der Waals surface area contributed by atoms with Crippen LogP contribution in [0.2, 0.25) is 5.02 Å². The summed E-state index contributed by atoms with van der Waals surface area (Å²) >= 11 is 6.09. The molecule has 2 aromatic rings. The number of ether oxygens (including phenoxy) is 1. The highest BCUT2D eigenvalue weighted by Crippen LogP contribution is 2.23. The molecule has 2 aromatic heterocycles. The van der Waals surface area contributed by atoms with Gasteiger partial charge in [-0.3, -0.25) is 10.1 Å². The Hall–Kier alpha value is -2.94. The summed E-state index contributed by atoms with van der Waals surface area (Å²) in [5.74, 6) is -0.854. The minimum Gasteiger partial charge on any atom is -0.451 e. The average Bonchev–Trinajstić information content (AvgIpc) is 3.06. The van der Waals surface area contributed by atoms with Crippen molar-refractivity contribution in [1.82, 2.24) is 25.4 Å². The van der Waals surface area contributed by atoms with Crippen LogP contribution in [0, 0.1) is 19.8 Å². The van der Waals surface area contributed by atoms with Crippen LogP contribution >= 0.6 is 11.6 Å². The maximum absolute atomic E-state index is 12.4. The molecule has 10 heteroatoms. The molecule has 0 bridgehead atoms. The van der Waals surface area contributed by atoms with Crippen LogP contribution in [0.25, 0.3) is 5.82 Å². The van der Waals surface area contributed by atoms with E-state index < -0.39 is 24.5 Å². The Balaban J connectivity index is 1.56. The number of imide groups is 1. The number of pyridine rings is 1. The predicted molar refractivity (Wildman–Crippen MR) is 114 cm³/mol. The van der Waals surface area contributed by atoms with Crippen molar-refractivity contribution in [1.29, 1.82) is 0 Å². The van der Waals surface area contributed by atoms with Gasteiger partial charge in [0.2, 0.25) is 0 Å². The molecule has 166 valence electrons. The van der Waals surface area contributed by atoms with Crippen molar-refractivity contribution in [2.24, 2.45) is 5.92 Å². The SMILES string of the molecule is Cc1cc(C)n(-c2ccc(Cl)c(C(=O)OCC(=O)NC(=O)NC3CCCCC3C)n2)n1. The third-order valence-corrected chi connectivity index (χ3v) is 5.57. The molecule has 1 aliphatic rings. The van der Waals surface area contributed by atoms with Gasteiger partial charge in [-0.25, -0.2) is 19.3 Å². The number of esters is 1. The van der Waals surface area contributed by atoms with Gasteiger partial charge in [0.25, 0.3) is 5.91 Å². The molecule has 0 aromatic carbocycles. The molecule has 9 nitrogen and oxygen atoms in total. The Kier molecular flexibility index (Phi) is 7.27. The molecule has 0 saturated heterocycles. The molecule has 1 aliphatic carbocycles. The van der Waals surface area contributed by atoms with E-state index in [4.69, 9.17) is 16.3 Å². The zero-order chi connectivity index (χ0) is 22.5. The number of hydrogen-bond donors (Lipinski definition) is 2. The van der Waals surface area contributed by atoms with E-state index in [2.05, 4.69) is 27.6 Å². The van der Waals surface area contributed by atoms with E-state index in [9.17, 15) is 14.4 Å². The Morgan fingerprint density at radius 1 is 1.23 bits per heavy atom. The van der Waals surface area contributed by atoms with Crippen LogP contribution in [-0.4, -0.2) is 45.3 Å². The summed E-state index contributed by atoms with van der Waals surface area (Å²) in [6, 6.07) is 4.45. The van der Waals surface area contributed by atoms with Gasteiger partial charge in [-0.1, -0.05) is 31.4 Å². The number of aryl methyl sites for hydroxylation is 2. The van der Waals surface area contributed by atoms with Gasteiger partial charge < -0.3 is 10.1 Å². The molecule has 1 fully saturated rings. The van der Waals surface area contributed by atoms with E-state index in [-0.39, 0.29) is 16.8 Å². The van der Waals surface area contributed by atoms with E-state index in [1.165, 1.54) is 6.07 Å². The van der Waals surface area contributed by atoms with E-state index in [1.54, 1.807) is 10.7 Å². The second-order valence-electron chi connectivity index (χ2n) is 7.80. The summed E-state index contributed by atoms with van der Waals surface area (Å²) in [5, 5.41) is 9.39. The summed E-state index contributed by atoms with van der Waals surface area (Å²) in [5.41, 5.74) is 1.50. The number of halogens is 1. The van der Waals surface area contributed by atoms with Crippen molar-refractivity contribution in [3.63, 3.8) is 0 Å². The van der Waals surface area contributed by atoms with Crippen molar-refractivity contribution in [3.8, 4) is 5.82 Å². The van der Waals surface area contributed by atoms with Gasteiger partial charge >= 0.3 is 12.0 Å². The van der Waals surface area contributed by atoms with Crippen LogP contribution in [0.4, 0.5) is 4.79 Å². The highest BCUT2D eigenvalue weighted by Gasteiger charge is 2.24. The number of nitrogens with one attached hydrogen (secondary N) is 2. The first kappa shape index (κ1) is 22.7. The Morgan fingerprint density at radius 2 is 1.97 bits per heavy atom. The van der Waals surface area contributed by atoms with Crippen LogP contribution < -0.4 is 10.6 Å². The van der Waals surface area contributed by atoms with Crippen molar-refractivity contribution in [3.05, 3.63) is 40.3 Å². The molecule has 3 amide bonds. The van der Waals surface area contributed by atoms with E-state index in [1.807, 2.05) is 19.9 Å². The Morgan fingerprint density at radius 3 is 2.65 bits per heavy atom. The van der Waals surface area contributed by atoms with Gasteiger partial charge in [0.15, 0.2) is 18.1 Å². The smallest absolute Gasteiger partial charge is 0.359 e. The normalized spacial score (nSPS) is 18.3. The van der Waals surface area contributed by atoms with Crippen molar-refractivity contribution >= 4 is 29.5 Å². The largest absolute Gasteiger partial charge is 0.451 e. The maximum atomic E-state index is 12.4. The van der Waals surface area contributed by atoms with Gasteiger partial charge in [0.05, 0.1) is 10.7 Å². The molecule has 3 rings (SSSR count). The van der Waals surface area contributed by atoms with E-state index >= 15 is 0 Å². The minimum absolute atomic E-state index is 0.0317. The fourth-order valence-corrected chi connectivity index (χ4v) is 3.83. The average molecular weight is 448 g/mol. The summed E-state index contributed by atoms with van der Waals surface area (Å²) in [7, 11) is 0. The molecule has 2 unspecified atom stereocenters. The molecular formula is C21H26ClN5O4. The van der Waals surface area contributed by atoms with Gasteiger partial charge in [0.1, 0.15) is 0 Å². The van der Waals surface area contributed by atoms with E-state index in [0.717, 1.165) is 37.1 Å². The zero-order valence-electron chi connectivity index (χ0n) is 17.8. The molecule has 1 saturated carbocycles. The van der Waals surface area contributed by atoms with Gasteiger partial charge in [0, 0.05) is 11.7 Å². The lowest BCUT2D eigenvalue weighted by Crippen LogP contribution is -2.48. The topological polar surface area (TPSA) is 115 Å². The molecule has 0 spiro atoms. The lowest BCUT2D eigenvalue weighted by molar-refractivity contribution is -0.123. The standard InChI is InChI=1S/C21H26ClN5O4/c1-12-6-4-5-7-16(12)23-21(30)25-18(28)11-31-20(29)19-15(22)8-9-17(24-19)27-14(3)10-13(2)26-27/h8-10,12,16H,4-7,11H2,1-3H3,(H2,23,25,28,30). The van der Waals surface area contributed by atoms with Crippen LogP contribution in [-0.2, 0) is 9.53 Å². The van der Waals surface area contributed by atoms with Gasteiger partial charge in [-0.05, 0) is 50.8 Å². The number of carbonyl (C=O) groups excluding carboxylic acids is 3. The first-order chi connectivity index (χ1) is 14.7. The van der Waals surface area contributed by atoms with Gasteiger partial charge in [-0.2, -0.15) is 5.10 Å². The first-order valence-corrected chi connectivity index (χ1v) is 10.6. The summed E-state index contributed by atoms with van der Waals surface area (Å²) < 4.78 is 6.58. The monoisotopic (exact) mass is 447 g/mol. The van der Waals surface area contributed by atoms with Crippen LogP contribution in [0.15, 0.2) is 18.2 Å². The quantitative estimate of drug-likeness (QED) is 0.680. The molecule has 2 atom stereocenters. The fourth-order valence-electron chi connectivity index (χ4n) is 3.65. The molecule has 31 heavy (non-hydrogen) atoms. The molecule has 0 radical (unpaired) electrons. The first-order valence-electron chi connectivity index (χ1n) is 10.2. The summed E-state index contributed by atoms with van der Waals surface area (Å²) in [6.07, 6.45) is 4.12. The maximum Gasteiger partial charge on any atom is 0.359 e. The number of hydrogen-bond acceptors (Lipinski definition) is 6. The number of aromatic nitrogens is 3. The third kappa shape index (κ3) is 5.81. The number of urea groups is 1. The zero-order valence-corrected chi connectivity index (χ0v) is 18.5. The molecule has 2 N–H and O–H groups in total. The molecular weight excluding hydrogens is 422 g/mol. The number of nitrogens with zero attached hydrogens (tertiary/aromatic N) is 3. The second kappa shape index (κ2) is 9.91. The van der Waals surface area contributed by atoms with E-state index in [0.29, 0.717) is 11.7 Å². The van der Waals surface area contributed by atoms with Crippen molar-refractivity contribution in [2.45, 2.75) is 52.5 Å². The lowest BCUT2D eigenvalue weighted by Gasteiger charge is -2.29.